The smallest absolute Gasteiger partial charge is 0.172 e. The molecule has 1 aromatic rings. The van der Waals surface area contributed by atoms with Crippen molar-refractivity contribution in [3.63, 3.8) is 0 Å². The molecule has 0 radical (unpaired) electrons. The van der Waals surface area contributed by atoms with Crippen LogP contribution in [-0.2, 0) is 5.60 Å². The van der Waals surface area contributed by atoms with Crippen LogP contribution in [0.15, 0.2) is 10.5 Å². The fraction of sp³-hybridized carbons (Fsp3) is 0.400. The molecule has 0 saturated carbocycles. The number of phenolic OH excluding ortho intramolecular Hbond substituents is 1. The minimum absolute atomic E-state index is 0.0932. The zero-order chi connectivity index (χ0) is 11.1. The molecule has 2 N–H and O–H groups in total. The van der Waals surface area contributed by atoms with E-state index in [2.05, 4.69) is 15.9 Å². The molecule has 0 aliphatic carbocycles. The van der Waals surface area contributed by atoms with Gasteiger partial charge in [-0.25, -0.2) is 4.39 Å². The van der Waals surface area contributed by atoms with Gasteiger partial charge in [-0.3, -0.25) is 0 Å². The lowest BCUT2D eigenvalue weighted by Crippen LogP contribution is -2.18. The second-order valence-corrected chi connectivity index (χ2v) is 4.57. The molecule has 0 aromatic heterocycles. The van der Waals surface area contributed by atoms with Crippen LogP contribution in [0.5, 0.6) is 5.75 Å². The standard InChI is InChI=1S/C10H12BrFO2/c1-5-4-6(10(2,3)14)8(12)9(13)7(5)11/h4,13-14H,1-3H3. The summed E-state index contributed by atoms with van der Waals surface area (Å²) in [5, 5.41) is 19.0. The first-order valence-corrected chi connectivity index (χ1v) is 4.95. The molecule has 0 heterocycles. The highest BCUT2D eigenvalue weighted by Crippen LogP contribution is 2.36. The summed E-state index contributed by atoms with van der Waals surface area (Å²) in [6.45, 7) is 4.66. The van der Waals surface area contributed by atoms with Crippen LogP contribution in [0.3, 0.4) is 0 Å². The maximum atomic E-state index is 13.5. The minimum atomic E-state index is -1.30. The Morgan fingerprint density at radius 2 is 1.93 bits per heavy atom. The molecular formula is C10H12BrFO2. The van der Waals surface area contributed by atoms with E-state index in [1.165, 1.54) is 19.9 Å². The van der Waals surface area contributed by atoms with Crippen molar-refractivity contribution < 1.29 is 14.6 Å². The molecule has 0 fully saturated rings. The maximum Gasteiger partial charge on any atom is 0.172 e. The molecule has 0 bridgehead atoms. The van der Waals surface area contributed by atoms with E-state index in [4.69, 9.17) is 0 Å². The van der Waals surface area contributed by atoms with Crippen LogP contribution in [0.2, 0.25) is 0 Å². The van der Waals surface area contributed by atoms with E-state index in [0.717, 1.165) is 0 Å². The normalized spacial score (nSPS) is 11.9. The summed E-state index contributed by atoms with van der Waals surface area (Å²) >= 11 is 3.06. The second kappa shape index (κ2) is 3.51. The quantitative estimate of drug-likeness (QED) is 0.817. The fourth-order valence-electron chi connectivity index (χ4n) is 1.20. The average Bonchev–Trinajstić information content (AvgIpc) is 2.06. The molecule has 0 saturated heterocycles. The monoisotopic (exact) mass is 262 g/mol. The second-order valence-electron chi connectivity index (χ2n) is 3.78. The first-order chi connectivity index (χ1) is 6.25. The molecule has 0 aliphatic rings. The number of rotatable bonds is 1. The van der Waals surface area contributed by atoms with Crippen molar-refractivity contribution >= 4 is 15.9 Å². The molecule has 0 unspecified atom stereocenters. The van der Waals surface area contributed by atoms with E-state index in [9.17, 15) is 14.6 Å². The van der Waals surface area contributed by atoms with Gasteiger partial charge in [0.25, 0.3) is 0 Å². The van der Waals surface area contributed by atoms with E-state index >= 15 is 0 Å². The molecule has 4 heteroatoms. The topological polar surface area (TPSA) is 40.5 Å². The number of hydrogen-bond acceptors (Lipinski definition) is 2. The van der Waals surface area contributed by atoms with Crippen LogP contribution in [0.4, 0.5) is 4.39 Å². The molecule has 0 amide bonds. The summed E-state index contributed by atoms with van der Waals surface area (Å²) < 4.78 is 13.8. The molecule has 1 aromatic carbocycles. The van der Waals surface area contributed by atoms with Crippen LogP contribution >= 0.6 is 15.9 Å². The number of halogens is 2. The lowest BCUT2D eigenvalue weighted by molar-refractivity contribution is 0.0738. The number of aliphatic hydroxyl groups is 1. The summed E-state index contributed by atoms with van der Waals surface area (Å²) in [6.07, 6.45) is 0. The highest BCUT2D eigenvalue weighted by molar-refractivity contribution is 9.10. The van der Waals surface area contributed by atoms with Crippen LogP contribution < -0.4 is 0 Å². The van der Waals surface area contributed by atoms with Gasteiger partial charge in [0.05, 0.1) is 10.1 Å². The van der Waals surface area contributed by atoms with Crippen molar-refractivity contribution in [3.8, 4) is 5.75 Å². The summed E-state index contributed by atoms with van der Waals surface area (Å²) in [6, 6.07) is 1.51. The maximum absolute atomic E-state index is 13.5. The SMILES string of the molecule is Cc1cc(C(C)(C)O)c(F)c(O)c1Br. The van der Waals surface area contributed by atoms with E-state index in [-0.39, 0.29) is 5.56 Å². The third-order valence-electron chi connectivity index (χ3n) is 2.02. The number of hydrogen-bond donors (Lipinski definition) is 2. The lowest BCUT2D eigenvalue weighted by Gasteiger charge is -2.20. The van der Waals surface area contributed by atoms with E-state index < -0.39 is 17.2 Å². The van der Waals surface area contributed by atoms with Crippen molar-refractivity contribution in [1.82, 2.24) is 0 Å². The van der Waals surface area contributed by atoms with Crippen LogP contribution in [0.1, 0.15) is 25.0 Å². The number of aryl methyl sites for hydroxylation is 1. The van der Waals surface area contributed by atoms with Gasteiger partial charge in [-0.1, -0.05) is 0 Å². The van der Waals surface area contributed by atoms with Crippen molar-refractivity contribution in [2.24, 2.45) is 0 Å². The third kappa shape index (κ3) is 1.91. The van der Waals surface area contributed by atoms with Gasteiger partial charge in [0.15, 0.2) is 11.6 Å². The summed E-state index contributed by atoms with van der Waals surface area (Å²) in [7, 11) is 0. The van der Waals surface area contributed by atoms with Crippen LogP contribution in [0, 0.1) is 12.7 Å². The Kier molecular flexibility index (Phi) is 2.88. The highest BCUT2D eigenvalue weighted by Gasteiger charge is 2.24. The summed E-state index contributed by atoms with van der Waals surface area (Å²) in [5.41, 5.74) is -0.524. The van der Waals surface area contributed by atoms with Gasteiger partial charge in [0.1, 0.15) is 0 Å². The van der Waals surface area contributed by atoms with Crippen molar-refractivity contribution in [1.29, 1.82) is 0 Å². The Hall–Kier alpha value is -0.610. The van der Waals surface area contributed by atoms with Gasteiger partial charge in [-0.2, -0.15) is 0 Å². The molecule has 2 nitrogen and oxygen atoms in total. The first kappa shape index (κ1) is 11.5. The Balaban J connectivity index is 3.49. The number of phenols is 1. The molecule has 78 valence electrons. The Morgan fingerprint density at radius 1 is 1.43 bits per heavy atom. The molecule has 14 heavy (non-hydrogen) atoms. The zero-order valence-corrected chi connectivity index (χ0v) is 9.81. The molecular weight excluding hydrogens is 251 g/mol. The van der Waals surface area contributed by atoms with Gasteiger partial charge in [0, 0.05) is 5.56 Å². The lowest BCUT2D eigenvalue weighted by atomic mass is 9.96. The Labute approximate surface area is 90.5 Å². The molecule has 0 atom stereocenters. The van der Waals surface area contributed by atoms with Crippen molar-refractivity contribution in [3.05, 3.63) is 27.5 Å². The molecule has 0 aliphatic heterocycles. The van der Waals surface area contributed by atoms with Gasteiger partial charge >= 0.3 is 0 Å². The predicted molar refractivity (Wildman–Crippen MR) is 55.7 cm³/mol. The highest BCUT2D eigenvalue weighted by atomic mass is 79.9. The summed E-state index contributed by atoms with van der Waals surface area (Å²) in [5.74, 6) is -1.24. The van der Waals surface area contributed by atoms with Gasteiger partial charge in [-0.05, 0) is 48.3 Å². The number of benzene rings is 1. The Morgan fingerprint density at radius 3 is 2.36 bits per heavy atom. The minimum Gasteiger partial charge on any atom is -0.504 e. The average molecular weight is 263 g/mol. The van der Waals surface area contributed by atoms with Crippen molar-refractivity contribution in [2.45, 2.75) is 26.4 Å². The van der Waals surface area contributed by atoms with Gasteiger partial charge in [0.2, 0.25) is 0 Å². The molecule has 0 spiro atoms. The van der Waals surface area contributed by atoms with Crippen LogP contribution in [0.25, 0.3) is 0 Å². The largest absolute Gasteiger partial charge is 0.504 e. The fourth-order valence-corrected chi connectivity index (χ4v) is 1.49. The van der Waals surface area contributed by atoms with E-state index in [1.54, 1.807) is 6.92 Å². The van der Waals surface area contributed by atoms with Crippen molar-refractivity contribution in [2.75, 3.05) is 0 Å². The zero-order valence-electron chi connectivity index (χ0n) is 8.23. The summed E-state index contributed by atoms with van der Waals surface area (Å²) in [4.78, 5) is 0. The predicted octanol–water partition coefficient (Wildman–Crippen LogP) is 2.83. The first-order valence-electron chi connectivity index (χ1n) is 4.15. The van der Waals surface area contributed by atoms with Gasteiger partial charge < -0.3 is 10.2 Å². The number of aromatic hydroxyl groups is 1. The molecule has 1 rings (SSSR count). The third-order valence-corrected chi connectivity index (χ3v) is 3.02. The van der Waals surface area contributed by atoms with E-state index in [1.807, 2.05) is 0 Å². The van der Waals surface area contributed by atoms with E-state index in [0.29, 0.717) is 10.0 Å². The Bertz CT molecular complexity index is 369. The van der Waals surface area contributed by atoms with Crippen LogP contribution in [-0.4, -0.2) is 10.2 Å². The van der Waals surface area contributed by atoms with Gasteiger partial charge in [-0.15, -0.1) is 0 Å².